The summed E-state index contributed by atoms with van der Waals surface area (Å²) >= 11 is 0. The van der Waals surface area contributed by atoms with Crippen LogP contribution < -0.4 is 15.5 Å². The van der Waals surface area contributed by atoms with E-state index in [1.807, 2.05) is 30.3 Å². The van der Waals surface area contributed by atoms with Crippen LogP contribution >= 0.6 is 0 Å². The summed E-state index contributed by atoms with van der Waals surface area (Å²) in [7, 11) is 4.12. The van der Waals surface area contributed by atoms with Crippen LogP contribution in [0.4, 0.5) is 17.1 Å². The highest BCUT2D eigenvalue weighted by Gasteiger charge is 2.08. The Balaban J connectivity index is 1.88. The van der Waals surface area contributed by atoms with Crippen LogP contribution in [0, 0.1) is 0 Å². The fraction of sp³-hybridized carbons (Fsp3) is 0.429. The molecule has 0 aliphatic carbocycles. The van der Waals surface area contributed by atoms with Gasteiger partial charge in [0.15, 0.2) is 0 Å². The Hall–Kier alpha value is -2.60. The number of carbonyl (C=O) groups is 1. The average molecular weight is 370 g/mol. The predicted octanol–water partition coefficient (Wildman–Crippen LogP) is 3.54. The smallest absolute Gasteiger partial charge is 0.274 e. The summed E-state index contributed by atoms with van der Waals surface area (Å²) in [6.45, 7) is 8.10. The van der Waals surface area contributed by atoms with Crippen molar-refractivity contribution >= 4 is 23.0 Å². The number of carbonyl (C=O) groups excluding carboxylic acids is 1. The minimum Gasteiger partial charge on any atom is -0.384 e. The van der Waals surface area contributed by atoms with E-state index < -0.39 is 0 Å². The second-order valence-electron chi connectivity index (χ2n) is 6.69. The number of amides is 1. The van der Waals surface area contributed by atoms with Crippen molar-refractivity contribution in [3.05, 3.63) is 48.3 Å². The summed E-state index contributed by atoms with van der Waals surface area (Å²) in [5.74, 6) is -0.204. The van der Waals surface area contributed by atoms with Gasteiger partial charge in [0, 0.05) is 31.0 Å². The molecule has 27 heavy (non-hydrogen) atoms. The van der Waals surface area contributed by atoms with Crippen molar-refractivity contribution in [3.63, 3.8) is 0 Å². The zero-order chi connectivity index (χ0) is 19.6. The number of anilines is 3. The summed E-state index contributed by atoms with van der Waals surface area (Å²) < 4.78 is 0. The largest absolute Gasteiger partial charge is 0.384 e. The van der Waals surface area contributed by atoms with Gasteiger partial charge in [0.25, 0.3) is 5.91 Å². The molecule has 1 aromatic carbocycles. The molecule has 1 amide bonds. The lowest BCUT2D eigenvalue weighted by atomic mass is 10.2. The van der Waals surface area contributed by atoms with Crippen LogP contribution in [0.5, 0.6) is 0 Å². The van der Waals surface area contributed by atoms with Crippen LogP contribution in [-0.4, -0.2) is 56.1 Å². The third kappa shape index (κ3) is 6.57. The minimum atomic E-state index is -0.204. The van der Waals surface area contributed by atoms with Crippen molar-refractivity contribution in [1.82, 2.24) is 9.88 Å². The number of aromatic nitrogens is 1. The molecule has 0 radical (unpaired) electrons. The number of hydrogen-bond acceptors (Lipinski definition) is 5. The third-order valence-corrected chi connectivity index (χ3v) is 4.36. The molecule has 6 heteroatoms. The van der Waals surface area contributed by atoms with Crippen LogP contribution in [0.25, 0.3) is 0 Å². The van der Waals surface area contributed by atoms with Crippen molar-refractivity contribution < 1.29 is 4.79 Å². The molecule has 0 atom stereocenters. The number of benzene rings is 1. The Bertz CT molecular complexity index is 694. The Morgan fingerprint density at radius 2 is 1.67 bits per heavy atom. The number of pyridine rings is 1. The maximum Gasteiger partial charge on any atom is 0.274 e. The molecule has 0 aliphatic rings. The van der Waals surface area contributed by atoms with Gasteiger partial charge in [0.2, 0.25) is 0 Å². The molecule has 2 N–H and O–H groups in total. The fourth-order valence-corrected chi connectivity index (χ4v) is 2.80. The van der Waals surface area contributed by atoms with Gasteiger partial charge in [0.1, 0.15) is 5.69 Å². The van der Waals surface area contributed by atoms with Gasteiger partial charge in [-0.3, -0.25) is 4.79 Å². The molecular formula is C21H31N5O. The van der Waals surface area contributed by atoms with Crippen LogP contribution in [-0.2, 0) is 0 Å². The van der Waals surface area contributed by atoms with Gasteiger partial charge in [-0.15, -0.1) is 0 Å². The van der Waals surface area contributed by atoms with Crippen molar-refractivity contribution in [2.75, 3.05) is 55.8 Å². The highest BCUT2D eigenvalue weighted by molar-refractivity contribution is 6.03. The Morgan fingerprint density at radius 1 is 1.00 bits per heavy atom. The first-order chi connectivity index (χ1) is 13.0. The molecule has 1 aromatic heterocycles. The zero-order valence-corrected chi connectivity index (χ0v) is 16.8. The maximum atomic E-state index is 12.4. The van der Waals surface area contributed by atoms with Crippen molar-refractivity contribution in [2.24, 2.45) is 0 Å². The molecule has 6 nitrogen and oxygen atoms in total. The van der Waals surface area contributed by atoms with Crippen LogP contribution in [0.15, 0.2) is 42.6 Å². The van der Waals surface area contributed by atoms with Gasteiger partial charge in [-0.2, -0.15) is 0 Å². The van der Waals surface area contributed by atoms with E-state index in [0.717, 1.165) is 49.7 Å². The van der Waals surface area contributed by atoms with E-state index >= 15 is 0 Å². The normalized spacial score (nSPS) is 10.7. The van der Waals surface area contributed by atoms with E-state index in [1.54, 1.807) is 12.3 Å². The summed E-state index contributed by atoms with van der Waals surface area (Å²) in [5, 5.41) is 6.22. The van der Waals surface area contributed by atoms with Gasteiger partial charge in [-0.25, -0.2) is 4.98 Å². The average Bonchev–Trinajstić information content (AvgIpc) is 2.68. The number of rotatable bonds is 10. The van der Waals surface area contributed by atoms with E-state index in [9.17, 15) is 4.79 Å². The van der Waals surface area contributed by atoms with E-state index in [4.69, 9.17) is 0 Å². The molecule has 1 heterocycles. The second-order valence-corrected chi connectivity index (χ2v) is 6.69. The van der Waals surface area contributed by atoms with E-state index in [2.05, 4.69) is 53.4 Å². The van der Waals surface area contributed by atoms with Gasteiger partial charge in [-0.1, -0.05) is 0 Å². The monoisotopic (exact) mass is 369 g/mol. The Morgan fingerprint density at radius 3 is 2.22 bits per heavy atom. The molecule has 0 spiro atoms. The van der Waals surface area contributed by atoms with E-state index in [1.165, 1.54) is 0 Å². The lowest BCUT2D eigenvalue weighted by Crippen LogP contribution is -2.21. The first-order valence-electron chi connectivity index (χ1n) is 9.54. The molecule has 0 unspecified atom stereocenters. The lowest BCUT2D eigenvalue weighted by Gasteiger charge is -2.21. The maximum absolute atomic E-state index is 12.4. The van der Waals surface area contributed by atoms with Crippen LogP contribution in [0.2, 0.25) is 0 Å². The predicted molar refractivity (Wildman–Crippen MR) is 114 cm³/mol. The van der Waals surface area contributed by atoms with Gasteiger partial charge >= 0.3 is 0 Å². The molecule has 0 bridgehead atoms. The van der Waals surface area contributed by atoms with Crippen LogP contribution in [0.3, 0.4) is 0 Å². The van der Waals surface area contributed by atoms with Crippen LogP contribution in [0.1, 0.15) is 30.8 Å². The summed E-state index contributed by atoms with van der Waals surface area (Å²) in [6, 6.07) is 11.5. The molecule has 0 fully saturated rings. The summed E-state index contributed by atoms with van der Waals surface area (Å²) in [6.07, 6.45) is 2.76. The Kier molecular flexibility index (Phi) is 8.07. The molecular weight excluding hydrogens is 338 g/mol. The highest BCUT2D eigenvalue weighted by Crippen LogP contribution is 2.18. The minimum absolute atomic E-state index is 0.204. The topological polar surface area (TPSA) is 60.5 Å². The number of nitrogens with one attached hydrogen (secondary N) is 2. The lowest BCUT2D eigenvalue weighted by molar-refractivity contribution is 0.102. The summed E-state index contributed by atoms with van der Waals surface area (Å²) in [5.41, 5.74) is 3.25. The SMILES string of the molecule is CCN(CC)c1ccc(NC(=O)c2ccc(NCCCN(C)C)cn2)cc1. The molecule has 0 saturated heterocycles. The van der Waals surface area contributed by atoms with E-state index in [-0.39, 0.29) is 5.91 Å². The van der Waals surface area contributed by atoms with Crippen molar-refractivity contribution in [3.8, 4) is 0 Å². The zero-order valence-electron chi connectivity index (χ0n) is 16.8. The number of hydrogen-bond donors (Lipinski definition) is 2. The standard InChI is InChI=1S/C21H31N5O/c1-5-26(6-2)19-11-8-17(9-12-19)24-21(27)20-13-10-18(16-23-20)22-14-7-15-25(3)4/h8-13,16,22H,5-7,14-15H2,1-4H3,(H,24,27). The first kappa shape index (κ1) is 20.7. The molecule has 2 rings (SSSR count). The van der Waals surface area contributed by atoms with Gasteiger partial charge in [-0.05, 0) is 77.3 Å². The van der Waals surface area contributed by atoms with Crippen molar-refractivity contribution in [1.29, 1.82) is 0 Å². The fourth-order valence-electron chi connectivity index (χ4n) is 2.80. The molecule has 0 aliphatic heterocycles. The number of nitrogens with zero attached hydrogens (tertiary/aromatic N) is 3. The molecule has 2 aromatic rings. The van der Waals surface area contributed by atoms with Crippen molar-refractivity contribution in [2.45, 2.75) is 20.3 Å². The summed E-state index contributed by atoms with van der Waals surface area (Å²) in [4.78, 5) is 21.1. The second kappa shape index (κ2) is 10.5. The quantitative estimate of drug-likeness (QED) is 0.627. The van der Waals surface area contributed by atoms with Gasteiger partial charge in [0.05, 0.1) is 11.9 Å². The highest BCUT2D eigenvalue weighted by atomic mass is 16.1. The van der Waals surface area contributed by atoms with E-state index in [0.29, 0.717) is 5.69 Å². The Labute approximate surface area is 162 Å². The molecule has 0 saturated carbocycles. The third-order valence-electron chi connectivity index (χ3n) is 4.36. The first-order valence-corrected chi connectivity index (χ1v) is 9.54. The molecule has 146 valence electrons. The van der Waals surface area contributed by atoms with Gasteiger partial charge < -0.3 is 20.4 Å².